The lowest BCUT2D eigenvalue weighted by atomic mass is 9.88. The molecule has 0 saturated heterocycles. The molecule has 70 valence electrons. The Bertz CT molecular complexity index is 307. The van der Waals surface area contributed by atoms with Crippen LogP contribution in [0.25, 0.3) is 0 Å². The van der Waals surface area contributed by atoms with Crippen LogP contribution in [0.4, 0.5) is 0 Å². The third kappa shape index (κ3) is 1.48. The summed E-state index contributed by atoms with van der Waals surface area (Å²) in [6.07, 6.45) is 6.96. The number of carbonyl (C=O) groups excluding carboxylic acids is 1. The summed E-state index contributed by atoms with van der Waals surface area (Å²) in [4.78, 5) is 11.6. The minimum absolute atomic E-state index is 0.167. The van der Waals surface area contributed by atoms with Crippen molar-refractivity contribution in [1.82, 2.24) is 0 Å². The second kappa shape index (κ2) is 2.57. The van der Waals surface area contributed by atoms with Crippen LogP contribution in [0.15, 0.2) is 23.8 Å². The number of rotatable bonds is 1. The summed E-state index contributed by atoms with van der Waals surface area (Å²) in [6, 6.07) is 0. The SMILES string of the molecule is CC1=CC(C2CC2(C)C)C(=O)C=C1. The van der Waals surface area contributed by atoms with Gasteiger partial charge in [0, 0.05) is 5.92 Å². The Labute approximate surface area is 79.5 Å². The monoisotopic (exact) mass is 176 g/mol. The number of carbonyl (C=O) groups is 1. The van der Waals surface area contributed by atoms with E-state index in [9.17, 15) is 4.79 Å². The molecule has 2 atom stereocenters. The summed E-state index contributed by atoms with van der Waals surface area (Å²) in [5, 5.41) is 0. The smallest absolute Gasteiger partial charge is 0.162 e. The average molecular weight is 176 g/mol. The molecule has 0 aromatic rings. The molecule has 0 spiro atoms. The van der Waals surface area contributed by atoms with Crippen LogP contribution in [0.3, 0.4) is 0 Å². The van der Waals surface area contributed by atoms with Gasteiger partial charge >= 0.3 is 0 Å². The van der Waals surface area contributed by atoms with E-state index in [0.29, 0.717) is 17.1 Å². The molecule has 1 heteroatoms. The Kier molecular flexibility index (Phi) is 1.73. The highest BCUT2D eigenvalue weighted by molar-refractivity contribution is 5.95. The molecule has 0 aliphatic heterocycles. The second-order valence-corrected chi connectivity index (χ2v) is 4.97. The molecular weight excluding hydrogens is 160 g/mol. The number of allylic oxidation sites excluding steroid dienone is 4. The van der Waals surface area contributed by atoms with E-state index in [-0.39, 0.29) is 5.92 Å². The molecule has 0 bridgehead atoms. The van der Waals surface area contributed by atoms with Crippen molar-refractivity contribution in [3.8, 4) is 0 Å². The molecule has 2 aliphatic carbocycles. The van der Waals surface area contributed by atoms with Gasteiger partial charge in [-0.15, -0.1) is 0 Å². The largest absolute Gasteiger partial charge is 0.294 e. The first-order valence-corrected chi connectivity index (χ1v) is 4.91. The first-order valence-electron chi connectivity index (χ1n) is 4.91. The Balaban J connectivity index is 2.17. The Morgan fingerprint density at radius 2 is 2.00 bits per heavy atom. The van der Waals surface area contributed by atoms with E-state index in [1.54, 1.807) is 6.08 Å². The third-order valence-corrected chi connectivity index (χ3v) is 3.30. The van der Waals surface area contributed by atoms with Crippen LogP contribution in [-0.2, 0) is 4.79 Å². The van der Waals surface area contributed by atoms with Crippen LogP contribution in [0.5, 0.6) is 0 Å². The Morgan fingerprint density at radius 3 is 2.54 bits per heavy atom. The van der Waals surface area contributed by atoms with Gasteiger partial charge in [0.1, 0.15) is 0 Å². The molecule has 0 aromatic carbocycles. The maximum absolute atomic E-state index is 11.6. The lowest BCUT2D eigenvalue weighted by molar-refractivity contribution is -0.117. The van der Waals surface area contributed by atoms with Gasteiger partial charge in [0.15, 0.2) is 5.78 Å². The molecule has 0 radical (unpaired) electrons. The molecule has 0 heterocycles. The highest BCUT2D eigenvalue weighted by Crippen LogP contribution is 2.56. The zero-order valence-corrected chi connectivity index (χ0v) is 8.50. The fourth-order valence-electron chi connectivity index (χ4n) is 2.18. The zero-order chi connectivity index (χ0) is 9.64. The Morgan fingerprint density at radius 1 is 1.38 bits per heavy atom. The van der Waals surface area contributed by atoms with Crippen molar-refractivity contribution in [2.24, 2.45) is 17.3 Å². The molecule has 0 aromatic heterocycles. The number of hydrogen-bond donors (Lipinski definition) is 0. The minimum Gasteiger partial charge on any atom is -0.294 e. The van der Waals surface area contributed by atoms with E-state index in [1.807, 2.05) is 6.08 Å². The lowest BCUT2D eigenvalue weighted by Gasteiger charge is -2.15. The Hall–Kier alpha value is -0.850. The van der Waals surface area contributed by atoms with Gasteiger partial charge in [0.05, 0.1) is 0 Å². The van der Waals surface area contributed by atoms with Crippen LogP contribution in [0, 0.1) is 17.3 Å². The highest BCUT2D eigenvalue weighted by Gasteiger charge is 2.51. The maximum Gasteiger partial charge on any atom is 0.162 e. The van der Waals surface area contributed by atoms with Gasteiger partial charge in [-0.25, -0.2) is 0 Å². The van der Waals surface area contributed by atoms with E-state index < -0.39 is 0 Å². The van der Waals surface area contributed by atoms with Gasteiger partial charge in [-0.05, 0) is 30.8 Å². The van der Waals surface area contributed by atoms with E-state index in [0.717, 1.165) is 0 Å². The summed E-state index contributed by atoms with van der Waals surface area (Å²) in [7, 11) is 0. The van der Waals surface area contributed by atoms with Gasteiger partial charge in [0.2, 0.25) is 0 Å². The first kappa shape index (κ1) is 8.74. The second-order valence-electron chi connectivity index (χ2n) is 4.97. The van der Waals surface area contributed by atoms with Gasteiger partial charge in [0.25, 0.3) is 0 Å². The summed E-state index contributed by atoms with van der Waals surface area (Å²) >= 11 is 0. The molecule has 1 fully saturated rings. The van der Waals surface area contributed by atoms with Crippen molar-refractivity contribution in [2.75, 3.05) is 0 Å². The predicted molar refractivity (Wildman–Crippen MR) is 53.3 cm³/mol. The molecule has 1 nitrogen and oxygen atoms in total. The molecule has 2 aliphatic rings. The minimum atomic E-state index is 0.167. The first-order chi connectivity index (χ1) is 6.00. The van der Waals surface area contributed by atoms with Crippen molar-refractivity contribution in [2.45, 2.75) is 27.2 Å². The highest BCUT2D eigenvalue weighted by atomic mass is 16.1. The van der Waals surface area contributed by atoms with Crippen molar-refractivity contribution in [3.63, 3.8) is 0 Å². The topological polar surface area (TPSA) is 17.1 Å². The van der Waals surface area contributed by atoms with Gasteiger partial charge in [-0.1, -0.05) is 31.6 Å². The normalized spacial score (nSPS) is 35.9. The van der Waals surface area contributed by atoms with Gasteiger partial charge in [-0.2, -0.15) is 0 Å². The summed E-state index contributed by atoms with van der Waals surface area (Å²) in [5.41, 5.74) is 1.62. The number of ketones is 1. The molecule has 2 unspecified atom stereocenters. The van der Waals surface area contributed by atoms with Crippen molar-refractivity contribution >= 4 is 5.78 Å². The van der Waals surface area contributed by atoms with Crippen LogP contribution in [-0.4, -0.2) is 5.78 Å². The van der Waals surface area contributed by atoms with Crippen LogP contribution < -0.4 is 0 Å². The van der Waals surface area contributed by atoms with E-state index in [2.05, 4.69) is 26.8 Å². The van der Waals surface area contributed by atoms with E-state index in [1.165, 1.54) is 12.0 Å². The van der Waals surface area contributed by atoms with Gasteiger partial charge in [-0.3, -0.25) is 4.79 Å². The van der Waals surface area contributed by atoms with E-state index in [4.69, 9.17) is 0 Å². The predicted octanol–water partition coefficient (Wildman–Crippen LogP) is 2.73. The number of hydrogen-bond acceptors (Lipinski definition) is 1. The van der Waals surface area contributed by atoms with Crippen LogP contribution in [0.2, 0.25) is 0 Å². The average Bonchev–Trinajstić information content (AvgIpc) is 2.65. The molecule has 1 saturated carbocycles. The standard InChI is InChI=1S/C12H16O/c1-8-4-5-11(13)9(6-8)10-7-12(10,2)3/h4-6,9-10H,7H2,1-3H3. The molecule has 13 heavy (non-hydrogen) atoms. The van der Waals surface area contributed by atoms with Crippen molar-refractivity contribution in [3.05, 3.63) is 23.8 Å². The third-order valence-electron chi connectivity index (χ3n) is 3.30. The maximum atomic E-state index is 11.6. The van der Waals surface area contributed by atoms with E-state index >= 15 is 0 Å². The molecule has 0 amide bonds. The molecular formula is C12H16O. The molecule has 0 N–H and O–H groups in total. The quantitative estimate of drug-likeness (QED) is 0.600. The fourth-order valence-corrected chi connectivity index (χ4v) is 2.18. The van der Waals surface area contributed by atoms with Crippen LogP contribution >= 0.6 is 0 Å². The van der Waals surface area contributed by atoms with Crippen molar-refractivity contribution in [1.29, 1.82) is 0 Å². The summed E-state index contributed by atoms with van der Waals surface area (Å²) in [6.45, 7) is 6.55. The summed E-state index contributed by atoms with van der Waals surface area (Å²) in [5.74, 6) is 1.04. The lowest BCUT2D eigenvalue weighted by Crippen LogP contribution is -2.17. The van der Waals surface area contributed by atoms with Crippen molar-refractivity contribution < 1.29 is 4.79 Å². The zero-order valence-electron chi connectivity index (χ0n) is 8.50. The van der Waals surface area contributed by atoms with Crippen LogP contribution in [0.1, 0.15) is 27.2 Å². The summed E-state index contributed by atoms with van der Waals surface area (Å²) < 4.78 is 0. The van der Waals surface area contributed by atoms with Gasteiger partial charge < -0.3 is 0 Å². The fraction of sp³-hybridized carbons (Fsp3) is 0.583. The molecule has 2 rings (SSSR count).